The largest absolute Gasteiger partial charge is 0.335 e. The second kappa shape index (κ2) is 7.89. The second-order valence-electron chi connectivity index (χ2n) is 6.41. The molecule has 134 valence electrons. The third-order valence-electron chi connectivity index (χ3n) is 4.86. The Balaban J connectivity index is 0.00000182. The van der Waals surface area contributed by atoms with Crippen molar-refractivity contribution in [1.29, 1.82) is 0 Å². The standard InChI is InChI=1S/C18H21BrN4O.ClH/c19-13-5-7-14(8-6-13)23-16-4-2-1-3-15(16)17(21-23)18(24)22-11-9-20-10-12-22;/h5-8,20H,1-4,9-12H2;1H. The molecule has 4 rings (SSSR count). The quantitative estimate of drug-likeness (QED) is 0.805. The zero-order valence-corrected chi connectivity index (χ0v) is 16.4. The highest BCUT2D eigenvalue weighted by Gasteiger charge is 2.28. The number of carbonyl (C=O) groups is 1. The van der Waals surface area contributed by atoms with Crippen molar-refractivity contribution in [3.63, 3.8) is 0 Å². The number of hydrogen-bond acceptors (Lipinski definition) is 3. The molecule has 0 bridgehead atoms. The van der Waals surface area contributed by atoms with Crippen molar-refractivity contribution in [2.24, 2.45) is 0 Å². The molecule has 1 N–H and O–H groups in total. The molecule has 0 atom stereocenters. The lowest BCUT2D eigenvalue weighted by Gasteiger charge is -2.27. The van der Waals surface area contributed by atoms with Crippen LogP contribution in [0.15, 0.2) is 28.7 Å². The number of piperazine rings is 1. The Hall–Kier alpha value is -1.37. The van der Waals surface area contributed by atoms with Crippen LogP contribution in [0.5, 0.6) is 0 Å². The number of carbonyl (C=O) groups excluding carboxylic acids is 1. The molecular weight excluding hydrogens is 404 g/mol. The van der Waals surface area contributed by atoms with Crippen LogP contribution in [-0.4, -0.2) is 46.8 Å². The molecule has 1 amide bonds. The lowest BCUT2D eigenvalue weighted by atomic mass is 9.95. The lowest BCUT2D eigenvalue weighted by Crippen LogP contribution is -2.46. The minimum atomic E-state index is 0. The fourth-order valence-electron chi connectivity index (χ4n) is 3.58. The van der Waals surface area contributed by atoms with Gasteiger partial charge in [0.05, 0.1) is 5.69 Å². The Bertz CT molecular complexity index is 753. The van der Waals surface area contributed by atoms with E-state index in [0.29, 0.717) is 5.69 Å². The Morgan fingerprint density at radius 3 is 2.48 bits per heavy atom. The zero-order valence-electron chi connectivity index (χ0n) is 14.0. The van der Waals surface area contributed by atoms with E-state index >= 15 is 0 Å². The monoisotopic (exact) mass is 424 g/mol. The van der Waals surface area contributed by atoms with Gasteiger partial charge in [0, 0.05) is 41.9 Å². The number of fused-ring (bicyclic) bond motifs is 1. The smallest absolute Gasteiger partial charge is 0.274 e. The molecule has 0 spiro atoms. The van der Waals surface area contributed by atoms with Crippen molar-refractivity contribution in [2.45, 2.75) is 25.7 Å². The molecule has 1 aromatic carbocycles. The summed E-state index contributed by atoms with van der Waals surface area (Å²) in [7, 11) is 0. The molecule has 2 aromatic rings. The topological polar surface area (TPSA) is 50.2 Å². The van der Waals surface area contributed by atoms with E-state index in [0.717, 1.165) is 67.6 Å². The van der Waals surface area contributed by atoms with Crippen LogP contribution in [0.1, 0.15) is 34.6 Å². The number of amides is 1. The first-order valence-electron chi connectivity index (χ1n) is 8.61. The van der Waals surface area contributed by atoms with E-state index in [1.807, 2.05) is 33.8 Å². The normalized spacial score (nSPS) is 16.9. The zero-order chi connectivity index (χ0) is 16.5. The predicted molar refractivity (Wildman–Crippen MR) is 104 cm³/mol. The van der Waals surface area contributed by atoms with Gasteiger partial charge < -0.3 is 10.2 Å². The first kappa shape index (κ1) is 18.4. The van der Waals surface area contributed by atoms with E-state index in [4.69, 9.17) is 5.10 Å². The third-order valence-corrected chi connectivity index (χ3v) is 5.39. The number of nitrogens with one attached hydrogen (secondary N) is 1. The molecule has 2 aliphatic rings. The van der Waals surface area contributed by atoms with Gasteiger partial charge in [0.15, 0.2) is 5.69 Å². The number of aromatic nitrogens is 2. The van der Waals surface area contributed by atoms with Gasteiger partial charge in [-0.2, -0.15) is 5.10 Å². The van der Waals surface area contributed by atoms with E-state index in [2.05, 4.69) is 21.2 Å². The Kier molecular flexibility index (Phi) is 5.81. The van der Waals surface area contributed by atoms with Crippen LogP contribution in [-0.2, 0) is 12.8 Å². The molecule has 1 aliphatic carbocycles. The molecule has 1 aliphatic heterocycles. The Morgan fingerprint density at radius 2 is 1.76 bits per heavy atom. The third kappa shape index (κ3) is 3.61. The molecule has 1 aromatic heterocycles. The second-order valence-corrected chi connectivity index (χ2v) is 7.33. The lowest BCUT2D eigenvalue weighted by molar-refractivity contribution is 0.0728. The first-order chi connectivity index (χ1) is 11.7. The van der Waals surface area contributed by atoms with Gasteiger partial charge in [-0.15, -0.1) is 12.4 Å². The maximum atomic E-state index is 13.0. The molecule has 0 unspecified atom stereocenters. The summed E-state index contributed by atoms with van der Waals surface area (Å²) in [4.78, 5) is 14.9. The highest BCUT2D eigenvalue weighted by atomic mass is 79.9. The minimum Gasteiger partial charge on any atom is -0.335 e. The van der Waals surface area contributed by atoms with Crippen molar-refractivity contribution >= 4 is 34.2 Å². The van der Waals surface area contributed by atoms with Crippen LogP contribution in [0.25, 0.3) is 5.69 Å². The molecule has 0 saturated carbocycles. The average Bonchev–Trinajstić information content (AvgIpc) is 3.02. The van der Waals surface area contributed by atoms with E-state index in [9.17, 15) is 4.79 Å². The predicted octanol–water partition coefficient (Wildman–Crippen LogP) is 2.98. The van der Waals surface area contributed by atoms with Crippen LogP contribution >= 0.6 is 28.3 Å². The van der Waals surface area contributed by atoms with Gasteiger partial charge in [0.25, 0.3) is 5.91 Å². The van der Waals surface area contributed by atoms with Gasteiger partial charge in [-0.1, -0.05) is 15.9 Å². The maximum Gasteiger partial charge on any atom is 0.274 e. The molecule has 7 heteroatoms. The minimum absolute atomic E-state index is 0. The summed E-state index contributed by atoms with van der Waals surface area (Å²) >= 11 is 3.48. The van der Waals surface area contributed by atoms with Crippen molar-refractivity contribution in [2.75, 3.05) is 26.2 Å². The van der Waals surface area contributed by atoms with E-state index < -0.39 is 0 Å². The van der Waals surface area contributed by atoms with Crippen molar-refractivity contribution < 1.29 is 4.79 Å². The van der Waals surface area contributed by atoms with Gasteiger partial charge in [-0.3, -0.25) is 4.79 Å². The number of rotatable bonds is 2. The molecule has 5 nitrogen and oxygen atoms in total. The van der Waals surface area contributed by atoms with Crippen molar-refractivity contribution in [3.05, 3.63) is 45.7 Å². The van der Waals surface area contributed by atoms with Gasteiger partial charge >= 0.3 is 0 Å². The number of halogens is 2. The van der Waals surface area contributed by atoms with E-state index in [1.54, 1.807) is 0 Å². The van der Waals surface area contributed by atoms with Crippen molar-refractivity contribution in [3.8, 4) is 5.69 Å². The average molecular weight is 426 g/mol. The molecule has 2 heterocycles. The highest BCUT2D eigenvalue weighted by molar-refractivity contribution is 9.10. The number of nitrogens with zero attached hydrogens (tertiary/aromatic N) is 3. The summed E-state index contributed by atoms with van der Waals surface area (Å²) in [6.45, 7) is 3.25. The van der Waals surface area contributed by atoms with Crippen LogP contribution in [0.3, 0.4) is 0 Å². The number of hydrogen-bond donors (Lipinski definition) is 1. The SMILES string of the molecule is Cl.O=C(c1nn(-c2ccc(Br)cc2)c2c1CCCC2)N1CCNCC1. The van der Waals surface area contributed by atoms with Crippen molar-refractivity contribution in [1.82, 2.24) is 20.0 Å². The van der Waals surface area contributed by atoms with Gasteiger partial charge in [0.2, 0.25) is 0 Å². The fraction of sp³-hybridized carbons (Fsp3) is 0.444. The van der Waals surface area contributed by atoms with E-state index in [1.165, 1.54) is 5.69 Å². The summed E-state index contributed by atoms with van der Waals surface area (Å²) in [5.41, 5.74) is 4.06. The highest BCUT2D eigenvalue weighted by Crippen LogP contribution is 2.28. The summed E-state index contributed by atoms with van der Waals surface area (Å²) < 4.78 is 3.03. The van der Waals surface area contributed by atoms with Crippen LogP contribution in [0, 0.1) is 0 Å². The van der Waals surface area contributed by atoms with Crippen LogP contribution in [0.2, 0.25) is 0 Å². The van der Waals surface area contributed by atoms with Gasteiger partial charge in [-0.05, 0) is 49.9 Å². The Morgan fingerprint density at radius 1 is 1.08 bits per heavy atom. The molecule has 1 fully saturated rings. The molecule has 1 saturated heterocycles. The molecular formula is C18H22BrClN4O. The van der Waals surface area contributed by atoms with E-state index in [-0.39, 0.29) is 18.3 Å². The summed E-state index contributed by atoms with van der Waals surface area (Å²) in [5, 5.41) is 8.05. The maximum absolute atomic E-state index is 13.0. The Labute approximate surface area is 162 Å². The van der Waals surface area contributed by atoms with Gasteiger partial charge in [0.1, 0.15) is 0 Å². The first-order valence-corrected chi connectivity index (χ1v) is 9.40. The van der Waals surface area contributed by atoms with Gasteiger partial charge in [-0.25, -0.2) is 4.68 Å². The summed E-state index contributed by atoms with van der Waals surface area (Å²) in [5.74, 6) is 0.0884. The number of benzene rings is 1. The summed E-state index contributed by atoms with van der Waals surface area (Å²) in [6.07, 6.45) is 4.25. The van der Waals surface area contributed by atoms with Crippen LogP contribution in [0.4, 0.5) is 0 Å². The molecule has 0 radical (unpaired) electrons. The van der Waals surface area contributed by atoms with Crippen LogP contribution < -0.4 is 5.32 Å². The fourth-order valence-corrected chi connectivity index (χ4v) is 3.85. The summed E-state index contributed by atoms with van der Waals surface area (Å²) in [6, 6.07) is 8.13. The molecule has 25 heavy (non-hydrogen) atoms.